The van der Waals surface area contributed by atoms with Gasteiger partial charge in [-0.15, -0.1) is 0 Å². The molecule has 0 aliphatic heterocycles. The summed E-state index contributed by atoms with van der Waals surface area (Å²) in [4.78, 5) is 20.8. The van der Waals surface area contributed by atoms with Crippen LogP contribution in [0.3, 0.4) is 0 Å². The van der Waals surface area contributed by atoms with Crippen molar-refractivity contribution in [3.8, 4) is 0 Å². The highest BCUT2D eigenvalue weighted by atomic mass is 19.1. The zero-order valence-corrected chi connectivity index (χ0v) is 13.9. The van der Waals surface area contributed by atoms with Crippen LogP contribution in [0.1, 0.15) is 29.4 Å². The van der Waals surface area contributed by atoms with Gasteiger partial charge in [0, 0.05) is 38.3 Å². The molecule has 3 rings (SSSR count). The first-order valence-corrected chi connectivity index (χ1v) is 8.04. The van der Waals surface area contributed by atoms with Crippen LogP contribution in [0.25, 0.3) is 0 Å². The van der Waals surface area contributed by atoms with E-state index in [4.69, 9.17) is 0 Å². The number of nitrogens with one attached hydrogen (secondary N) is 1. The smallest absolute Gasteiger partial charge is 0.221 e. The van der Waals surface area contributed by atoms with E-state index in [2.05, 4.69) is 15.3 Å². The second kappa shape index (κ2) is 7.70. The summed E-state index contributed by atoms with van der Waals surface area (Å²) in [6.45, 7) is 0. The predicted molar refractivity (Wildman–Crippen MR) is 92.2 cm³/mol. The SMILES string of the molecule is Cn1ccnc1[C@@H](NC(=O)CCc1cccnc1)c1cccc(F)c1. The van der Waals surface area contributed by atoms with Crippen LogP contribution < -0.4 is 5.32 Å². The molecule has 0 fully saturated rings. The third-order valence-corrected chi connectivity index (χ3v) is 3.97. The van der Waals surface area contributed by atoms with Gasteiger partial charge in [0.1, 0.15) is 17.7 Å². The number of rotatable bonds is 6. The molecule has 0 saturated carbocycles. The number of hydrogen-bond donors (Lipinski definition) is 1. The molecule has 0 saturated heterocycles. The molecule has 1 amide bonds. The molecule has 0 unspecified atom stereocenters. The molecule has 2 aromatic heterocycles. The van der Waals surface area contributed by atoms with Crippen LogP contribution in [-0.4, -0.2) is 20.4 Å². The maximum absolute atomic E-state index is 13.6. The number of carbonyl (C=O) groups is 1. The van der Waals surface area contributed by atoms with E-state index in [0.29, 0.717) is 24.2 Å². The van der Waals surface area contributed by atoms with Gasteiger partial charge in [0.15, 0.2) is 0 Å². The summed E-state index contributed by atoms with van der Waals surface area (Å²) in [7, 11) is 1.84. The Morgan fingerprint density at radius 3 is 2.84 bits per heavy atom. The summed E-state index contributed by atoms with van der Waals surface area (Å²) >= 11 is 0. The van der Waals surface area contributed by atoms with Crippen LogP contribution in [0.2, 0.25) is 0 Å². The number of halogens is 1. The fraction of sp³-hybridized carbons (Fsp3) is 0.211. The molecule has 1 atom stereocenters. The van der Waals surface area contributed by atoms with Gasteiger partial charge in [0.05, 0.1) is 0 Å². The van der Waals surface area contributed by atoms with Crippen molar-refractivity contribution < 1.29 is 9.18 Å². The molecule has 5 nitrogen and oxygen atoms in total. The van der Waals surface area contributed by atoms with Crippen LogP contribution in [0.4, 0.5) is 4.39 Å². The van der Waals surface area contributed by atoms with E-state index in [1.54, 1.807) is 36.9 Å². The van der Waals surface area contributed by atoms with Gasteiger partial charge in [-0.1, -0.05) is 18.2 Å². The number of pyridine rings is 1. The van der Waals surface area contributed by atoms with Gasteiger partial charge in [-0.05, 0) is 35.7 Å². The molecular weight excluding hydrogens is 319 g/mol. The van der Waals surface area contributed by atoms with Gasteiger partial charge in [0.25, 0.3) is 0 Å². The lowest BCUT2D eigenvalue weighted by Gasteiger charge is -2.19. The lowest BCUT2D eigenvalue weighted by molar-refractivity contribution is -0.121. The van der Waals surface area contributed by atoms with Crippen molar-refractivity contribution >= 4 is 5.91 Å². The van der Waals surface area contributed by atoms with Crippen LogP contribution in [0, 0.1) is 5.82 Å². The topological polar surface area (TPSA) is 59.8 Å². The Labute approximate surface area is 145 Å². The van der Waals surface area contributed by atoms with E-state index in [1.165, 1.54) is 12.1 Å². The Morgan fingerprint density at radius 1 is 1.28 bits per heavy atom. The highest BCUT2D eigenvalue weighted by Gasteiger charge is 2.21. The van der Waals surface area contributed by atoms with E-state index in [9.17, 15) is 9.18 Å². The first-order valence-electron chi connectivity index (χ1n) is 8.04. The zero-order chi connectivity index (χ0) is 17.6. The lowest BCUT2D eigenvalue weighted by Crippen LogP contribution is -2.31. The molecule has 0 aliphatic carbocycles. The number of imidazole rings is 1. The van der Waals surface area contributed by atoms with E-state index >= 15 is 0 Å². The number of hydrogen-bond acceptors (Lipinski definition) is 3. The van der Waals surface area contributed by atoms with Crippen molar-refractivity contribution in [3.63, 3.8) is 0 Å². The molecule has 128 valence electrons. The van der Waals surface area contributed by atoms with Crippen LogP contribution in [0.15, 0.2) is 61.2 Å². The number of nitrogens with zero attached hydrogens (tertiary/aromatic N) is 3. The van der Waals surface area contributed by atoms with Crippen molar-refractivity contribution in [1.29, 1.82) is 0 Å². The number of aryl methyl sites for hydroxylation is 2. The van der Waals surface area contributed by atoms with Crippen molar-refractivity contribution in [2.45, 2.75) is 18.9 Å². The summed E-state index contributed by atoms with van der Waals surface area (Å²) in [5.41, 5.74) is 1.65. The van der Waals surface area contributed by atoms with Gasteiger partial charge in [-0.25, -0.2) is 9.37 Å². The maximum Gasteiger partial charge on any atom is 0.221 e. The third-order valence-electron chi connectivity index (χ3n) is 3.97. The average Bonchev–Trinajstić information content (AvgIpc) is 3.04. The summed E-state index contributed by atoms with van der Waals surface area (Å²) in [6, 6.07) is 9.48. The van der Waals surface area contributed by atoms with Crippen LogP contribution >= 0.6 is 0 Å². The fourth-order valence-electron chi connectivity index (χ4n) is 2.68. The molecule has 0 bridgehead atoms. The highest BCUT2D eigenvalue weighted by Crippen LogP contribution is 2.21. The van der Waals surface area contributed by atoms with E-state index < -0.39 is 6.04 Å². The van der Waals surface area contributed by atoms with E-state index in [-0.39, 0.29) is 11.7 Å². The second-order valence-corrected chi connectivity index (χ2v) is 5.81. The molecular formula is C19H19FN4O. The van der Waals surface area contributed by atoms with E-state index in [1.807, 2.05) is 23.7 Å². The highest BCUT2D eigenvalue weighted by molar-refractivity contribution is 5.77. The maximum atomic E-state index is 13.6. The number of benzene rings is 1. The Bertz CT molecular complexity index is 847. The molecule has 0 radical (unpaired) electrons. The Morgan fingerprint density at radius 2 is 2.16 bits per heavy atom. The summed E-state index contributed by atoms with van der Waals surface area (Å²) in [6.07, 6.45) is 7.81. The monoisotopic (exact) mass is 338 g/mol. The van der Waals surface area contributed by atoms with Crippen LogP contribution in [-0.2, 0) is 18.3 Å². The van der Waals surface area contributed by atoms with Gasteiger partial charge in [0.2, 0.25) is 5.91 Å². The zero-order valence-electron chi connectivity index (χ0n) is 13.9. The fourth-order valence-corrected chi connectivity index (χ4v) is 2.68. The summed E-state index contributed by atoms with van der Waals surface area (Å²) in [5, 5.41) is 2.96. The first-order chi connectivity index (χ1) is 12.1. The predicted octanol–water partition coefficient (Wildman–Crippen LogP) is 2.79. The Hall–Kier alpha value is -3.02. The second-order valence-electron chi connectivity index (χ2n) is 5.81. The van der Waals surface area contributed by atoms with Crippen molar-refractivity contribution in [3.05, 3.63) is 84.0 Å². The van der Waals surface area contributed by atoms with Gasteiger partial charge in [-0.3, -0.25) is 9.78 Å². The normalized spacial score (nSPS) is 11.9. The molecule has 2 heterocycles. The minimum Gasteiger partial charge on any atom is -0.342 e. The largest absolute Gasteiger partial charge is 0.342 e. The standard InChI is InChI=1S/C19H19FN4O/c1-24-11-10-22-19(24)18(15-5-2-6-16(20)12-15)23-17(25)8-7-14-4-3-9-21-13-14/h2-6,9-13,18H,7-8H2,1H3,(H,23,25)/t18-/m0/s1. The van der Waals surface area contributed by atoms with Crippen molar-refractivity contribution in [2.75, 3.05) is 0 Å². The van der Waals surface area contributed by atoms with Gasteiger partial charge in [-0.2, -0.15) is 0 Å². The molecule has 0 spiro atoms. The Kier molecular flexibility index (Phi) is 5.18. The Balaban J connectivity index is 1.76. The minimum atomic E-state index is -0.503. The minimum absolute atomic E-state index is 0.124. The molecule has 3 aromatic rings. The number of amides is 1. The van der Waals surface area contributed by atoms with Gasteiger partial charge >= 0.3 is 0 Å². The lowest BCUT2D eigenvalue weighted by atomic mass is 10.0. The van der Waals surface area contributed by atoms with Crippen LogP contribution in [0.5, 0.6) is 0 Å². The quantitative estimate of drug-likeness (QED) is 0.752. The molecule has 1 aromatic carbocycles. The third kappa shape index (κ3) is 4.29. The summed E-state index contributed by atoms with van der Waals surface area (Å²) in [5.74, 6) is 0.183. The van der Waals surface area contributed by atoms with Crippen molar-refractivity contribution in [1.82, 2.24) is 19.9 Å². The average molecular weight is 338 g/mol. The summed E-state index contributed by atoms with van der Waals surface area (Å²) < 4.78 is 15.4. The molecule has 0 aliphatic rings. The molecule has 1 N–H and O–H groups in total. The van der Waals surface area contributed by atoms with E-state index in [0.717, 1.165) is 5.56 Å². The molecule has 25 heavy (non-hydrogen) atoms. The molecule has 6 heteroatoms. The first kappa shape index (κ1) is 16.8. The number of aromatic nitrogens is 3. The van der Waals surface area contributed by atoms with Crippen molar-refractivity contribution in [2.24, 2.45) is 7.05 Å². The number of carbonyl (C=O) groups excluding carboxylic acids is 1. The van der Waals surface area contributed by atoms with Gasteiger partial charge < -0.3 is 9.88 Å².